The van der Waals surface area contributed by atoms with E-state index in [1.165, 1.54) is 0 Å². The molecule has 13 heteroatoms. The number of benzene rings is 1. The first kappa shape index (κ1) is 34.8. The van der Waals surface area contributed by atoms with Gasteiger partial charge in [0.05, 0.1) is 18.3 Å². The van der Waals surface area contributed by atoms with Gasteiger partial charge in [-0.2, -0.15) is 0 Å². The molecule has 4 N–H and O–H groups in total. The smallest absolute Gasteiger partial charge is 0.317 e. The molecule has 0 amide bonds. The van der Waals surface area contributed by atoms with Crippen molar-refractivity contribution in [2.24, 2.45) is 5.73 Å². The van der Waals surface area contributed by atoms with Gasteiger partial charge in [0.1, 0.15) is 11.9 Å². The van der Waals surface area contributed by atoms with Crippen molar-refractivity contribution in [1.29, 1.82) is 0 Å². The molecule has 2 saturated heterocycles. The third kappa shape index (κ3) is 8.69. The van der Waals surface area contributed by atoms with Crippen LogP contribution in [-0.2, 0) is 8.98 Å². The van der Waals surface area contributed by atoms with Crippen LogP contribution in [0.5, 0.6) is 5.75 Å². The number of nitrogens with one attached hydrogen (secondary N) is 1. The van der Waals surface area contributed by atoms with Crippen LogP contribution in [0.4, 0.5) is 21.8 Å². The Morgan fingerprint density at radius 1 is 1.11 bits per heavy atom. The Hall–Kier alpha value is -3.52. The number of aromatic nitrogens is 3. The van der Waals surface area contributed by atoms with E-state index in [4.69, 9.17) is 29.7 Å². The number of hydrogen-bond donors (Lipinski definition) is 3. The number of ether oxygens (including phenoxy) is 1. The summed E-state index contributed by atoms with van der Waals surface area (Å²) in [5.74, 6) is -0.0853. The van der Waals surface area contributed by atoms with Crippen molar-refractivity contribution in [2.75, 3.05) is 55.5 Å². The van der Waals surface area contributed by atoms with Crippen LogP contribution >= 0.6 is 10.3 Å². The van der Waals surface area contributed by atoms with Crippen LogP contribution < -0.4 is 20.7 Å². The lowest BCUT2D eigenvalue weighted by atomic mass is 10.1. The maximum atomic E-state index is 15.5. The number of carboxylic acid groups (broad SMARTS) is 1. The highest BCUT2D eigenvalue weighted by Crippen LogP contribution is 2.55. The number of carbonyl (C=O) groups is 1. The summed E-state index contributed by atoms with van der Waals surface area (Å²) in [6, 6.07) is 8.88. The molecular weight excluding hydrogens is 621 g/mol. The first-order chi connectivity index (χ1) is 22.3. The number of nitrogens with zero attached hydrogens (tertiary/aromatic N) is 5. The zero-order valence-electron chi connectivity index (χ0n) is 28.0. The van der Waals surface area contributed by atoms with E-state index < -0.39 is 22.1 Å². The van der Waals surface area contributed by atoms with Gasteiger partial charge in [-0.15, -0.1) is 10.3 Å². The van der Waals surface area contributed by atoms with Gasteiger partial charge in [-0.25, -0.2) is 19.3 Å². The van der Waals surface area contributed by atoms with Gasteiger partial charge in [0, 0.05) is 54.6 Å². The number of likely N-dealkylation sites (tertiary alicyclic amines) is 1. The van der Waals surface area contributed by atoms with Gasteiger partial charge >= 0.3 is 5.97 Å². The van der Waals surface area contributed by atoms with E-state index in [-0.39, 0.29) is 41.0 Å². The number of nitrogens with two attached hydrogens (primary N) is 1. The lowest BCUT2D eigenvalue weighted by Gasteiger charge is -2.45. The highest BCUT2D eigenvalue weighted by molar-refractivity contribution is 8.29. The average Bonchev–Trinajstić information content (AvgIpc) is 3.41. The van der Waals surface area contributed by atoms with Crippen LogP contribution in [0.3, 0.4) is 0 Å². The van der Waals surface area contributed by atoms with Crippen molar-refractivity contribution >= 4 is 33.7 Å². The Morgan fingerprint density at radius 3 is 2.49 bits per heavy atom. The Bertz CT molecular complexity index is 1510. The zero-order valence-corrected chi connectivity index (χ0v) is 28.8. The van der Waals surface area contributed by atoms with Gasteiger partial charge < -0.3 is 30.0 Å². The molecule has 4 heterocycles. The topological polar surface area (TPSA) is 139 Å². The predicted molar refractivity (Wildman–Crippen MR) is 186 cm³/mol. The number of halogens is 1. The highest BCUT2D eigenvalue weighted by Gasteiger charge is 2.39. The van der Waals surface area contributed by atoms with E-state index in [9.17, 15) is 4.79 Å². The van der Waals surface area contributed by atoms with Crippen molar-refractivity contribution < 1.29 is 23.2 Å². The quantitative estimate of drug-likeness (QED) is 0.227. The maximum absolute atomic E-state index is 15.5. The summed E-state index contributed by atoms with van der Waals surface area (Å²) < 4.78 is 28.3. The molecule has 2 fully saturated rings. The summed E-state index contributed by atoms with van der Waals surface area (Å²) in [5, 5.41) is 12.1. The number of rotatable bonds is 12. The van der Waals surface area contributed by atoms with Crippen molar-refractivity contribution in [3.63, 3.8) is 0 Å². The molecule has 5 rings (SSSR count). The van der Waals surface area contributed by atoms with Crippen LogP contribution in [0.1, 0.15) is 46.5 Å². The van der Waals surface area contributed by atoms with Crippen molar-refractivity contribution in [3.05, 3.63) is 54.7 Å². The molecule has 256 valence electrons. The molecule has 0 radical (unpaired) electrons. The fourth-order valence-corrected chi connectivity index (χ4v) is 6.94. The van der Waals surface area contributed by atoms with Crippen LogP contribution in [0.15, 0.2) is 48.9 Å². The van der Waals surface area contributed by atoms with E-state index >= 15 is 4.39 Å². The molecule has 0 spiro atoms. The SMILES string of the molecule is CC(C)(C)S(C)(C)OC1CC(CCN)N(c2ncc(-c3ccnc(Nc4cccc(OC5CCN(CC(=O)O)CC5)c4F)c3)cn2)C1. The second-order valence-electron chi connectivity index (χ2n) is 13.6. The third-order valence-corrected chi connectivity index (χ3v) is 12.8. The number of piperidine rings is 1. The fourth-order valence-electron chi connectivity index (χ4n) is 5.83. The van der Waals surface area contributed by atoms with Crippen molar-refractivity contribution in [3.8, 4) is 16.9 Å². The molecule has 47 heavy (non-hydrogen) atoms. The summed E-state index contributed by atoms with van der Waals surface area (Å²) in [5.41, 5.74) is 7.87. The lowest BCUT2D eigenvalue weighted by Crippen LogP contribution is -2.40. The zero-order chi connectivity index (χ0) is 33.8. The van der Waals surface area contributed by atoms with E-state index in [2.05, 4.69) is 48.5 Å². The standard InChI is InChI=1S/C34H48FN7O4S/c1-34(2,3)47(4,5)46-27-18-25(9-13-36)42(21-27)33-38-19-24(20-39-33)23-10-14-37-30(17-23)40-28-7-6-8-29(32(28)35)45-26-11-15-41(16-12-26)22-31(43)44/h6-8,10,14,17,19-20,25-27H,9,11-13,15-16,18,21-22,36H2,1-5H3,(H,37,40)(H,43,44). The van der Waals surface area contributed by atoms with E-state index in [1.807, 2.05) is 17.0 Å². The molecule has 0 bridgehead atoms. The molecule has 11 nitrogen and oxygen atoms in total. The van der Waals surface area contributed by atoms with Crippen LogP contribution in [-0.4, -0.2) is 99.2 Å². The molecule has 1 aromatic carbocycles. The van der Waals surface area contributed by atoms with Gasteiger partial charge in [-0.05, 0) is 74.6 Å². The third-order valence-electron chi connectivity index (χ3n) is 9.13. The van der Waals surface area contributed by atoms with E-state index in [1.54, 1.807) is 36.8 Å². The van der Waals surface area contributed by atoms with Gasteiger partial charge in [0.2, 0.25) is 5.95 Å². The summed E-state index contributed by atoms with van der Waals surface area (Å²) in [6.07, 6.45) is 12.6. The Morgan fingerprint density at radius 2 is 1.83 bits per heavy atom. The number of carboxylic acids is 1. The van der Waals surface area contributed by atoms with Gasteiger partial charge in [-0.1, -0.05) is 26.8 Å². The highest BCUT2D eigenvalue weighted by atomic mass is 32.3. The fraction of sp³-hybridized carbons (Fsp3) is 0.529. The number of aliphatic carboxylic acids is 1. The largest absolute Gasteiger partial charge is 0.487 e. The number of hydrogen-bond acceptors (Lipinski definition) is 10. The Kier molecular flexibility index (Phi) is 10.9. The lowest BCUT2D eigenvalue weighted by molar-refractivity contribution is -0.138. The molecule has 3 aromatic rings. The van der Waals surface area contributed by atoms with Gasteiger partial charge in [0.25, 0.3) is 0 Å². The average molecular weight is 670 g/mol. The van der Waals surface area contributed by atoms with Crippen LogP contribution in [0, 0.1) is 5.82 Å². The Labute approximate surface area is 278 Å². The van der Waals surface area contributed by atoms with E-state index in [0.29, 0.717) is 44.2 Å². The minimum Gasteiger partial charge on any atom is -0.487 e. The summed E-state index contributed by atoms with van der Waals surface area (Å²) in [4.78, 5) is 28.9. The van der Waals surface area contributed by atoms with Gasteiger partial charge in [0.15, 0.2) is 11.6 Å². The second-order valence-corrected chi connectivity index (χ2v) is 17.5. The van der Waals surface area contributed by atoms with Crippen molar-refractivity contribution in [2.45, 2.75) is 69.5 Å². The molecule has 0 saturated carbocycles. The van der Waals surface area contributed by atoms with Crippen molar-refractivity contribution in [1.82, 2.24) is 19.9 Å². The number of pyridine rings is 1. The minimum atomic E-state index is -1.27. The molecule has 2 atom stereocenters. The predicted octanol–water partition coefficient (Wildman–Crippen LogP) is 5.44. The van der Waals surface area contributed by atoms with Crippen LogP contribution in [0.2, 0.25) is 0 Å². The first-order valence-corrected chi connectivity index (χ1v) is 18.5. The molecule has 0 aliphatic carbocycles. The molecule has 2 aliphatic heterocycles. The first-order valence-electron chi connectivity index (χ1n) is 16.2. The van der Waals surface area contributed by atoms with Gasteiger partial charge in [-0.3, -0.25) is 9.69 Å². The summed E-state index contributed by atoms with van der Waals surface area (Å²) in [6.45, 7) is 9.19. The second kappa shape index (κ2) is 14.7. The van der Waals surface area contributed by atoms with Crippen LogP contribution in [0.25, 0.3) is 11.1 Å². The molecular formula is C34H48FN7O4S. The summed E-state index contributed by atoms with van der Waals surface area (Å²) in [7, 11) is -1.27. The summed E-state index contributed by atoms with van der Waals surface area (Å²) >= 11 is 0. The molecule has 2 unspecified atom stereocenters. The molecule has 2 aromatic heterocycles. The maximum Gasteiger partial charge on any atom is 0.317 e. The van der Waals surface area contributed by atoms with E-state index in [0.717, 1.165) is 30.5 Å². The Balaban J connectivity index is 1.24. The molecule has 2 aliphatic rings. The minimum absolute atomic E-state index is 0.00350. The number of anilines is 3. The normalized spacial score (nSPS) is 19.9. The monoisotopic (exact) mass is 669 g/mol.